The molecule has 13 heteroatoms. The Balaban J connectivity index is 0.00000456. The van der Waals surface area contributed by atoms with Crippen LogP contribution in [-0.4, -0.2) is 76.3 Å². The normalized spacial score (nSPS) is 10.6. The van der Waals surface area contributed by atoms with Crippen molar-refractivity contribution in [2.75, 3.05) is 60.5 Å². The number of benzene rings is 2. The molecule has 0 fully saturated rings. The van der Waals surface area contributed by atoms with Crippen LogP contribution in [0.5, 0.6) is 23.0 Å². The minimum Gasteiger partial charge on any atom is -0.495 e. The van der Waals surface area contributed by atoms with E-state index >= 15 is 0 Å². The van der Waals surface area contributed by atoms with Gasteiger partial charge in [-0.15, -0.1) is 12.4 Å². The number of thiazole rings is 1. The third-order valence-electron chi connectivity index (χ3n) is 5.29. The van der Waals surface area contributed by atoms with Crippen molar-refractivity contribution in [2.24, 2.45) is 0 Å². The fourth-order valence-electron chi connectivity index (χ4n) is 3.55. The minimum absolute atomic E-state index is 0. The van der Waals surface area contributed by atoms with Gasteiger partial charge in [0.15, 0.2) is 16.6 Å². The average molecular weight is 541 g/mol. The van der Waals surface area contributed by atoms with E-state index < -0.39 is 10.8 Å². The maximum atomic E-state index is 13.8. The second kappa shape index (κ2) is 12.6. The lowest BCUT2D eigenvalue weighted by Gasteiger charge is -2.21. The van der Waals surface area contributed by atoms with Crippen LogP contribution < -0.4 is 23.8 Å². The highest BCUT2D eigenvalue weighted by Gasteiger charge is 2.30. The van der Waals surface area contributed by atoms with E-state index in [9.17, 15) is 14.9 Å². The molecule has 0 aliphatic rings. The van der Waals surface area contributed by atoms with Crippen LogP contribution in [0.4, 0.5) is 10.8 Å². The zero-order valence-electron chi connectivity index (χ0n) is 20.9. The van der Waals surface area contributed by atoms with Gasteiger partial charge < -0.3 is 23.8 Å². The third kappa shape index (κ3) is 5.89. The van der Waals surface area contributed by atoms with Crippen LogP contribution in [0.15, 0.2) is 24.3 Å². The summed E-state index contributed by atoms with van der Waals surface area (Å²) in [6.45, 7) is 0.988. The van der Waals surface area contributed by atoms with E-state index in [0.29, 0.717) is 39.8 Å². The summed E-state index contributed by atoms with van der Waals surface area (Å²) in [4.78, 5) is 33.2. The summed E-state index contributed by atoms with van der Waals surface area (Å²) in [5.74, 6) is 0.906. The zero-order chi connectivity index (χ0) is 25.7. The van der Waals surface area contributed by atoms with Crippen molar-refractivity contribution in [1.29, 1.82) is 0 Å². The molecular weight excluding hydrogens is 512 g/mol. The Morgan fingerprint density at radius 3 is 2.11 bits per heavy atom. The molecule has 36 heavy (non-hydrogen) atoms. The van der Waals surface area contributed by atoms with Gasteiger partial charge in [-0.1, -0.05) is 11.3 Å². The van der Waals surface area contributed by atoms with Crippen molar-refractivity contribution in [2.45, 2.75) is 6.42 Å². The van der Waals surface area contributed by atoms with E-state index in [2.05, 4.69) is 4.98 Å². The number of carbonyl (C=O) groups is 1. The average Bonchev–Trinajstić information content (AvgIpc) is 3.29. The fraction of sp³-hybridized carbons (Fsp3) is 0.391. The van der Waals surface area contributed by atoms with E-state index in [-0.39, 0.29) is 41.7 Å². The summed E-state index contributed by atoms with van der Waals surface area (Å²) in [6, 6.07) is 6.02. The number of carbonyl (C=O) groups excluding carboxylic acids is 1. The number of halogens is 1. The Morgan fingerprint density at radius 2 is 1.56 bits per heavy atom. The van der Waals surface area contributed by atoms with E-state index in [1.807, 2.05) is 19.0 Å². The molecule has 0 aliphatic heterocycles. The molecule has 196 valence electrons. The van der Waals surface area contributed by atoms with Crippen LogP contribution in [0.1, 0.15) is 16.8 Å². The number of hydrogen-bond acceptors (Lipinski definition) is 10. The lowest BCUT2D eigenvalue weighted by molar-refractivity contribution is -0.385. The Kier molecular flexibility index (Phi) is 10.1. The van der Waals surface area contributed by atoms with Gasteiger partial charge in [-0.2, -0.15) is 0 Å². The standard InChI is InChI=1S/C23H28N4O7S.ClH/c1-25(2)10-7-11-26(23-24-20-16(31-3)8-9-17(32-4)21(20)35-23)22(28)14-12-18(33-5)19(34-6)13-15(14)27(29)30;/h8-9,12-13H,7,10-11H2,1-6H3;1H. The highest BCUT2D eigenvalue weighted by atomic mass is 35.5. The van der Waals surface area contributed by atoms with Gasteiger partial charge in [0.1, 0.15) is 27.3 Å². The molecule has 1 heterocycles. The number of nitro benzene ring substituents is 1. The number of ether oxygens (including phenoxy) is 4. The fourth-order valence-corrected chi connectivity index (χ4v) is 4.65. The lowest BCUT2D eigenvalue weighted by Crippen LogP contribution is -2.34. The Hall–Kier alpha value is -3.35. The number of amides is 1. The van der Waals surface area contributed by atoms with Gasteiger partial charge in [0, 0.05) is 12.6 Å². The number of rotatable bonds is 11. The molecule has 0 aliphatic carbocycles. The number of hydrogen-bond donors (Lipinski definition) is 0. The van der Waals surface area contributed by atoms with Crippen LogP contribution in [0, 0.1) is 10.1 Å². The van der Waals surface area contributed by atoms with Crippen molar-refractivity contribution in [3.05, 3.63) is 39.9 Å². The summed E-state index contributed by atoms with van der Waals surface area (Å²) in [5, 5.41) is 12.2. The van der Waals surface area contributed by atoms with Crippen LogP contribution in [0.3, 0.4) is 0 Å². The minimum atomic E-state index is -0.613. The summed E-state index contributed by atoms with van der Waals surface area (Å²) in [5.41, 5.74) is 0.0243. The third-order valence-corrected chi connectivity index (χ3v) is 6.38. The van der Waals surface area contributed by atoms with Gasteiger partial charge in [0.2, 0.25) is 0 Å². The Labute approximate surface area is 219 Å². The number of aromatic nitrogens is 1. The number of methoxy groups -OCH3 is 4. The molecule has 0 N–H and O–H groups in total. The summed E-state index contributed by atoms with van der Waals surface area (Å²) in [7, 11) is 9.72. The van der Waals surface area contributed by atoms with Gasteiger partial charge in [0.05, 0.1) is 39.4 Å². The number of anilines is 1. The molecule has 11 nitrogen and oxygen atoms in total. The topological polar surface area (TPSA) is 117 Å². The first-order chi connectivity index (χ1) is 16.7. The maximum absolute atomic E-state index is 13.8. The van der Waals surface area contributed by atoms with Crippen LogP contribution >= 0.6 is 23.7 Å². The molecule has 0 radical (unpaired) electrons. The van der Waals surface area contributed by atoms with Crippen molar-refractivity contribution >= 4 is 50.7 Å². The van der Waals surface area contributed by atoms with Gasteiger partial charge in [-0.3, -0.25) is 19.8 Å². The van der Waals surface area contributed by atoms with Gasteiger partial charge >= 0.3 is 0 Å². The molecule has 3 aromatic rings. The molecule has 0 bridgehead atoms. The molecule has 0 unspecified atom stereocenters. The predicted molar refractivity (Wildman–Crippen MR) is 141 cm³/mol. The van der Waals surface area contributed by atoms with E-state index in [0.717, 1.165) is 0 Å². The Morgan fingerprint density at radius 1 is 0.972 bits per heavy atom. The van der Waals surface area contributed by atoms with E-state index in [1.165, 1.54) is 49.7 Å². The molecule has 0 atom stereocenters. The SMILES string of the molecule is COc1cc(C(=O)N(CCCN(C)C)c2nc3c(OC)ccc(OC)c3s2)c([N+](=O)[O-])cc1OC.Cl. The number of nitro groups is 1. The monoisotopic (exact) mass is 540 g/mol. The highest BCUT2D eigenvalue weighted by molar-refractivity contribution is 7.22. The largest absolute Gasteiger partial charge is 0.495 e. The quantitative estimate of drug-likeness (QED) is 0.260. The maximum Gasteiger partial charge on any atom is 0.286 e. The van der Waals surface area contributed by atoms with Crippen molar-refractivity contribution in [1.82, 2.24) is 9.88 Å². The smallest absolute Gasteiger partial charge is 0.286 e. The second-order valence-corrected chi connectivity index (χ2v) is 8.72. The second-order valence-electron chi connectivity index (χ2n) is 7.74. The molecule has 1 amide bonds. The number of nitrogens with zero attached hydrogens (tertiary/aromatic N) is 4. The molecule has 0 spiro atoms. The van der Waals surface area contributed by atoms with Crippen LogP contribution in [0.2, 0.25) is 0 Å². The molecule has 2 aromatic carbocycles. The summed E-state index contributed by atoms with van der Waals surface area (Å²) in [6.07, 6.45) is 0.615. The molecule has 1 aromatic heterocycles. The number of fused-ring (bicyclic) bond motifs is 1. The predicted octanol–water partition coefficient (Wildman–Crippen LogP) is 4.26. The molecule has 0 saturated carbocycles. The zero-order valence-corrected chi connectivity index (χ0v) is 22.5. The van der Waals surface area contributed by atoms with Crippen LogP contribution in [0.25, 0.3) is 10.2 Å². The first-order valence-electron chi connectivity index (χ1n) is 10.6. The Bertz CT molecular complexity index is 1190. The molecular formula is C23H29ClN4O7S. The lowest BCUT2D eigenvalue weighted by atomic mass is 10.1. The first kappa shape index (κ1) is 28.9. The first-order valence-corrected chi connectivity index (χ1v) is 11.5. The van der Waals surface area contributed by atoms with Crippen LogP contribution in [-0.2, 0) is 0 Å². The molecule has 0 saturated heterocycles. The van der Waals surface area contributed by atoms with E-state index in [1.54, 1.807) is 19.2 Å². The summed E-state index contributed by atoms with van der Waals surface area (Å²) < 4.78 is 22.1. The van der Waals surface area contributed by atoms with Gasteiger partial charge in [-0.05, 0) is 39.2 Å². The highest BCUT2D eigenvalue weighted by Crippen LogP contribution is 2.41. The van der Waals surface area contributed by atoms with Crippen molar-refractivity contribution in [3.63, 3.8) is 0 Å². The van der Waals surface area contributed by atoms with Gasteiger partial charge in [-0.25, -0.2) is 4.98 Å². The summed E-state index contributed by atoms with van der Waals surface area (Å²) >= 11 is 1.25. The van der Waals surface area contributed by atoms with Gasteiger partial charge in [0.25, 0.3) is 11.6 Å². The molecule has 3 rings (SSSR count). The van der Waals surface area contributed by atoms with Crippen molar-refractivity contribution in [3.8, 4) is 23.0 Å². The van der Waals surface area contributed by atoms with E-state index in [4.69, 9.17) is 18.9 Å². The van der Waals surface area contributed by atoms with Crippen molar-refractivity contribution < 1.29 is 28.7 Å².